The van der Waals surface area contributed by atoms with E-state index < -0.39 is 20.7 Å². The van der Waals surface area contributed by atoms with Crippen molar-refractivity contribution in [2.45, 2.75) is 76.2 Å². The lowest BCUT2D eigenvalue weighted by molar-refractivity contribution is -0.133. The molecule has 0 radical (unpaired) electrons. The predicted octanol–water partition coefficient (Wildman–Crippen LogP) is 2.45. The summed E-state index contributed by atoms with van der Waals surface area (Å²) in [5.41, 5.74) is -0.510. The lowest BCUT2D eigenvalue weighted by atomic mass is 9.93. The van der Waals surface area contributed by atoms with Crippen LogP contribution >= 0.6 is 0 Å². The molecule has 1 aliphatic heterocycles. The minimum absolute atomic E-state index is 0.00580. The largest absolute Gasteiger partial charge is 0.444 e. The van der Waals surface area contributed by atoms with Crippen LogP contribution in [-0.2, 0) is 19.4 Å². The van der Waals surface area contributed by atoms with Crippen LogP contribution in [0.4, 0.5) is 4.79 Å². The minimum Gasteiger partial charge on any atom is -0.444 e. The van der Waals surface area contributed by atoms with Crippen molar-refractivity contribution in [1.29, 1.82) is 0 Å². The molecule has 0 spiro atoms. The number of carbonyl (C=O) groups is 2. The van der Waals surface area contributed by atoms with Crippen LogP contribution in [0, 0.1) is 5.92 Å². The van der Waals surface area contributed by atoms with Crippen LogP contribution in [0.1, 0.15) is 59.3 Å². The van der Waals surface area contributed by atoms with Crippen molar-refractivity contribution in [3.63, 3.8) is 0 Å². The normalized spacial score (nSPS) is 24.7. The van der Waals surface area contributed by atoms with Crippen molar-refractivity contribution in [2.75, 3.05) is 26.4 Å². The van der Waals surface area contributed by atoms with Gasteiger partial charge in [0, 0.05) is 38.9 Å². The second-order valence-corrected chi connectivity index (χ2v) is 11.3. The van der Waals surface area contributed by atoms with Gasteiger partial charge >= 0.3 is 6.09 Å². The van der Waals surface area contributed by atoms with Gasteiger partial charge in [0.05, 0.1) is 5.25 Å². The first-order valence-electron chi connectivity index (χ1n) is 9.81. The van der Waals surface area contributed by atoms with Gasteiger partial charge in [-0.05, 0) is 58.8 Å². The third-order valence-corrected chi connectivity index (χ3v) is 7.24. The van der Waals surface area contributed by atoms with Gasteiger partial charge in [-0.3, -0.25) is 4.79 Å². The quantitative estimate of drug-likeness (QED) is 0.721. The molecular formula is C19H34N2O5S. The SMILES string of the molecule is CN(C(=O)CC1CCN(C(=O)OC(C)(C)C)CC1)[C@H]1CCC[C@@H]1S(C)(=O)=O. The number of nitrogens with zero attached hydrogens (tertiary/aromatic N) is 2. The Balaban J connectivity index is 1.84. The zero-order valence-corrected chi connectivity index (χ0v) is 18.0. The van der Waals surface area contributed by atoms with Crippen molar-refractivity contribution in [3.8, 4) is 0 Å². The molecule has 7 nitrogen and oxygen atoms in total. The molecule has 2 fully saturated rings. The minimum atomic E-state index is -3.15. The van der Waals surface area contributed by atoms with Gasteiger partial charge in [-0.1, -0.05) is 0 Å². The Bertz CT molecular complexity index is 648. The first kappa shape index (κ1) is 22.0. The van der Waals surface area contributed by atoms with E-state index in [0.717, 1.165) is 25.7 Å². The molecular weight excluding hydrogens is 368 g/mol. The number of hydrogen-bond acceptors (Lipinski definition) is 5. The summed E-state index contributed by atoms with van der Waals surface area (Å²) in [5, 5.41) is -0.444. The van der Waals surface area contributed by atoms with Gasteiger partial charge in [0.25, 0.3) is 0 Å². The number of likely N-dealkylation sites (tertiary alicyclic amines) is 1. The summed E-state index contributed by atoms with van der Waals surface area (Å²) >= 11 is 0. The van der Waals surface area contributed by atoms with E-state index in [2.05, 4.69) is 0 Å². The fraction of sp³-hybridized carbons (Fsp3) is 0.895. The van der Waals surface area contributed by atoms with Gasteiger partial charge < -0.3 is 14.5 Å². The number of carbonyl (C=O) groups excluding carboxylic acids is 2. The van der Waals surface area contributed by atoms with E-state index in [4.69, 9.17) is 4.74 Å². The van der Waals surface area contributed by atoms with Crippen LogP contribution in [0.3, 0.4) is 0 Å². The van der Waals surface area contributed by atoms with E-state index in [1.54, 1.807) is 16.8 Å². The van der Waals surface area contributed by atoms with Crippen LogP contribution in [0.5, 0.6) is 0 Å². The number of ether oxygens (including phenoxy) is 1. The number of sulfone groups is 1. The first-order chi connectivity index (χ1) is 12.4. The van der Waals surface area contributed by atoms with Crippen molar-refractivity contribution < 1.29 is 22.7 Å². The summed E-state index contributed by atoms with van der Waals surface area (Å²) in [7, 11) is -1.42. The molecule has 2 aliphatic rings. The van der Waals surface area contributed by atoms with Crippen LogP contribution < -0.4 is 0 Å². The number of amides is 2. The summed E-state index contributed by atoms with van der Waals surface area (Å²) in [5.74, 6) is 0.225. The summed E-state index contributed by atoms with van der Waals surface area (Å²) in [6, 6.07) is -0.214. The molecule has 1 aliphatic carbocycles. The average molecular weight is 403 g/mol. The molecule has 156 valence electrons. The van der Waals surface area contributed by atoms with Crippen molar-refractivity contribution >= 4 is 21.8 Å². The van der Waals surface area contributed by atoms with Crippen molar-refractivity contribution in [1.82, 2.24) is 9.80 Å². The van der Waals surface area contributed by atoms with E-state index >= 15 is 0 Å². The standard InChI is InChI=1S/C19H34N2O5S/c1-19(2,3)26-18(23)21-11-9-14(10-12-21)13-17(22)20(4)15-7-6-8-16(15)27(5,24)25/h14-16H,6-13H2,1-5H3/t15-,16-/m0/s1. The molecule has 0 unspecified atom stereocenters. The molecule has 0 N–H and O–H groups in total. The van der Waals surface area contributed by atoms with Gasteiger partial charge in [0.15, 0.2) is 9.84 Å². The zero-order chi connectivity index (χ0) is 20.4. The molecule has 0 aromatic heterocycles. The Labute approximate surface area is 163 Å². The summed E-state index contributed by atoms with van der Waals surface area (Å²) in [6.07, 6.45) is 5.12. The Hall–Kier alpha value is -1.31. The highest BCUT2D eigenvalue weighted by molar-refractivity contribution is 7.91. The number of piperidine rings is 1. The predicted molar refractivity (Wildman–Crippen MR) is 104 cm³/mol. The molecule has 27 heavy (non-hydrogen) atoms. The molecule has 2 amide bonds. The highest BCUT2D eigenvalue weighted by atomic mass is 32.2. The van der Waals surface area contributed by atoms with Crippen LogP contribution in [0.25, 0.3) is 0 Å². The van der Waals surface area contributed by atoms with E-state index in [9.17, 15) is 18.0 Å². The van der Waals surface area contributed by atoms with E-state index in [-0.39, 0.29) is 24.0 Å². The number of rotatable bonds is 4. The maximum absolute atomic E-state index is 12.7. The Morgan fingerprint density at radius 3 is 2.22 bits per heavy atom. The zero-order valence-electron chi connectivity index (χ0n) is 17.2. The van der Waals surface area contributed by atoms with Gasteiger partial charge in [0.1, 0.15) is 5.60 Å². The van der Waals surface area contributed by atoms with Crippen LogP contribution in [0.15, 0.2) is 0 Å². The molecule has 1 saturated heterocycles. The van der Waals surface area contributed by atoms with Gasteiger partial charge in [-0.25, -0.2) is 13.2 Å². The van der Waals surface area contributed by atoms with Crippen molar-refractivity contribution in [2.24, 2.45) is 5.92 Å². The van der Waals surface area contributed by atoms with Crippen LogP contribution in [-0.4, -0.2) is 73.5 Å². The lowest BCUT2D eigenvalue weighted by Crippen LogP contribution is -2.46. The average Bonchev–Trinajstić information content (AvgIpc) is 3.03. The van der Waals surface area contributed by atoms with Gasteiger partial charge in [-0.2, -0.15) is 0 Å². The molecule has 1 heterocycles. The second kappa shape index (κ2) is 8.37. The molecule has 0 aromatic rings. The smallest absolute Gasteiger partial charge is 0.410 e. The summed E-state index contributed by atoms with van der Waals surface area (Å²) in [6.45, 7) is 6.72. The van der Waals surface area contributed by atoms with E-state index in [0.29, 0.717) is 25.9 Å². The molecule has 0 aromatic carbocycles. The van der Waals surface area contributed by atoms with Crippen molar-refractivity contribution in [3.05, 3.63) is 0 Å². The Morgan fingerprint density at radius 2 is 1.70 bits per heavy atom. The lowest BCUT2D eigenvalue weighted by Gasteiger charge is -2.35. The topological polar surface area (TPSA) is 84.0 Å². The van der Waals surface area contributed by atoms with E-state index in [1.165, 1.54) is 6.26 Å². The second-order valence-electron chi connectivity index (χ2n) is 8.99. The molecule has 8 heteroatoms. The fourth-order valence-electron chi connectivity index (χ4n) is 4.07. The van der Waals surface area contributed by atoms with E-state index in [1.807, 2.05) is 20.8 Å². The van der Waals surface area contributed by atoms with Gasteiger partial charge in [-0.15, -0.1) is 0 Å². The Morgan fingerprint density at radius 1 is 1.11 bits per heavy atom. The summed E-state index contributed by atoms with van der Waals surface area (Å²) < 4.78 is 29.3. The third-order valence-electron chi connectivity index (χ3n) is 5.59. The maximum atomic E-state index is 12.7. The number of hydrogen-bond donors (Lipinski definition) is 0. The van der Waals surface area contributed by atoms with Gasteiger partial charge in [0.2, 0.25) is 5.91 Å². The highest BCUT2D eigenvalue weighted by Gasteiger charge is 2.39. The fourth-order valence-corrected chi connectivity index (χ4v) is 5.56. The maximum Gasteiger partial charge on any atom is 0.410 e. The molecule has 2 atom stereocenters. The Kier molecular flexibility index (Phi) is 6.81. The summed E-state index contributed by atoms with van der Waals surface area (Å²) in [4.78, 5) is 28.2. The van der Waals surface area contributed by atoms with Crippen LogP contribution in [0.2, 0.25) is 0 Å². The molecule has 2 rings (SSSR count). The third kappa shape index (κ3) is 6.09. The molecule has 1 saturated carbocycles. The monoisotopic (exact) mass is 402 g/mol. The first-order valence-corrected chi connectivity index (χ1v) is 11.8. The molecule has 0 bridgehead atoms. The highest BCUT2D eigenvalue weighted by Crippen LogP contribution is 2.30.